The zero-order chi connectivity index (χ0) is 13.7. The van der Waals surface area contributed by atoms with Crippen LogP contribution in [0.2, 0.25) is 0 Å². The molecule has 0 amide bonds. The van der Waals surface area contributed by atoms with Crippen molar-refractivity contribution in [2.24, 2.45) is 0 Å². The quantitative estimate of drug-likeness (QED) is 0.863. The number of aromatic nitrogens is 1. The molecule has 98 valence electrons. The summed E-state index contributed by atoms with van der Waals surface area (Å²) in [6, 6.07) is 12.3. The summed E-state index contributed by atoms with van der Waals surface area (Å²) in [5.41, 5.74) is 1.76. The smallest absolute Gasteiger partial charge is 0.304 e. The minimum atomic E-state index is -0.838. The van der Waals surface area contributed by atoms with Crippen LogP contribution in [-0.4, -0.2) is 21.2 Å². The first-order valence-corrected chi connectivity index (χ1v) is 6.06. The third-order valence-electron chi connectivity index (χ3n) is 2.95. The highest BCUT2D eigenvalue weighted by Gasteiger charge is 2.17. The van der Waals surface area contributed by atoms with E-state index >= 15 is 0 Å². The molecule has 4 nitrogen and oxygen atoms in total. The molecular weight excluding hydrogens is 242 g/mol. The third kappa shape index (κ3) is 3.81. The van der Waals surface area contributed by atoms with Gasteiger partial charge in [0.2, 0.25) is 0 Å². The first-order valence-electron chi connectivity index (χ1n) is 6.06. The van der Waals surface area contributed by atoms with Gasteiger partial charge in [0.1, 0.15) is 5.75 Å². The number of rotatable bonds is 5. The molecule has 0 spiro atoms. The van der Waals surface area contributed by atoms with Crippen LogP contribution >= 0.6 is 0 Å². The Bertz CT molecular complexity index is 537. The van der Waals surface area contributed by atoms with E-state index in [1.807, 2.05) is 18.2 Å². The second-order valence-corrected chi connectivity index (χ2v) is 4.42. The summed E-state index contributed by atoms with van der Waals surface area (Å²) in [4.78, 5) is 15.2. The monoisotopic (exact) mass is 257 g/mol. The highest BCUT2D eigenvalue weighted by atomic mass is 16.4. The molecule has 1 heterocycles. The lowest BCUT2D eigenvalue weighted by Crippen LogP contribution is -2.10. The van der Waals surface area contributed by atoms with Crippen molar-refractivity contribution in [1.29, 1.82) is 0 Å². The van der Waals surface area contributed by atoms with Gasteiger partial charge in [0, 0.05) is 17.8 Å². The molecule has 0 aliphatic heterocycles. The van der Waals surface area contributed by atoms with Crippen LogP contribution in [0.15, 0.2) is 48.7 Å². The Balaban J connectivity index is 2.19. The van der Waals surface area contributed by atoms with Crippen molar-refractivity contribution in [3.63, 3.8) is 0 Å². The van der Waals surface area contributed by atoms with E-state index in [0.29, 0.717) is 6.42 Å². The van der Waals surface area contributed by atoms with Gasteiger partial charge in [-0.1, -0.05) is 18.2 Å². The number of phenols is 1. The molecule has 1 aromatic heterocycles. The first-order chi connectivity index (χ1) is 9.15. The SMILES string of the molecule is O=C(O)CC(Cc1ccc(O)cc1)c1ccccn1. The molecule has 0 fully saturated rings. The molecule has 0 aliphatic carbocycles. The summed E-state index contributed by atoms with van der Waals surface area (Å²) in [5.74, 6) is -0.797. The maximum absolute atomic E-state index is 11.0. The second-order valence-electron chi connectivity index (χ2n) is 4.42. The highest BCUT2D eigenvalue weighted by Crippen LogP contribution is 2.23. The van der Waals surface area contributed by atoms with Crippen LogP contribution in [0.4, 0.5) is 0 Å². The number of carboxylic acid groups (broad SMARTS) is 1. The Morgan fingerprint density at radius 2 is 1.89 bits per heavy atom. The molecular formula is C15H15NO3. The van der Waals surface area contributed by atoms with Crippen molar-refractivity contribution < 1.29 is 15.0 Å². The molecule has 0 radical (unpaired) electrons. The lowest BCUT2D eigenvalue weighted by Gasteiger charge is -2.14. The molecule has 0 saturated heterocycles. The summed E-state index contributed by atoms with van der Waals surface area (Å²) < 4.78 is 0. The number of hydrogen-bond donors (Lipinski definition) is 2. The van der Waals surface area contributed by atoms with E-state index in [4.69, 9.17) is 5.11 Å². The van der Waals surface area contributed by atoms with E-state index in [1.165, 1.54) is 0 Å². The number of hydrogen-bond acceptors (Lipinski definition) is 3. The molecule has 4 heteroatoms. The zero-order valence-electron chi connectivity index (χ0n) is 10.4. The Morgan fingerprint density at radius 3 is 2.47 bits per heavy atom. The van der Waals surface area contributed by atoms with Gasteiger partial charge in [-0.3, -0.25) is 9.78 Å². The topological polar surface area (TPSA) is 70.4 Å². The van der Waals surface area contributed by atoms with Crippen molar-refractivity contribution in [1.82, 2.24) is 4.98 Å². The maximum atomic E-state index is 11.0. The summed E-state index contributed by atoms with van der Waals surface area (Å²) >= 11 is 0. The third-order valence-corrected chi connectivity index (χ3v) is 2.95. The predicted octanol–water partition coefficient (Wildman–Crippen LogP) is 2.59. The van der Waals surface area contributed by atoms with Gasteiger partial charge in [0.15, 0.2) is 0 Å². The molecule has 0 aliphatic rings. The highest BCUT2D eigenvalue weighted by molar-refractivity contribution is 5.68. The van der Waals surface area contributed by atoms with Gasteiger partial charge >= 0.3 is 5.97 Å². The number of carbonyl (C=O) groups is 1. The summed E-state index contributed by atoms with van der Waals surface area (Å²) in [6.45, 7) is 0. The average Bonchev–Trinajstić information content (AvgIpc) is 2.41. The van der Waals surface area contributed by atoms with Crippen molar-refractivity contribution in [2.75, 3.05) is 0 Å². The molecule has 0 saturated carbocycles. The minimum Gasteiger partial charge on any atom is -0.508 e. The fourth-order valence-electron chi connectivity index (χ4n) is 2.03. The lowest BCUT2D eigenvalue weighted by atomic mass is 9.92. The van der Waals surface area contributed by atoms with Gasteiger partial charge < -0.3 is 10.2 Å². The van der Waals surface area contributed by atoms with E-state index in [2.05, 4.69) is 4.98 Å². The molecule has 2 aromatic rings. The molecule has 2 rings (SSSR count). The van der Waals surface area contributed by atoms with Crippen LogP contribution in [0.1, 0.15) is 23.6 Å². The van der Waals surface area contributed by atoms with E-state index < -0.39 is 5.97 Å². The Labute approximate surface area is 111 Å². The Hall–Kier alpha value is -2.36. The van der Waals surface area contributed by atoms with Crippen molar-refractivity contribution in [3.8, 4) is 5.75 Å². The van der Waals surface area contributed by atoms with Gasteiger partial charge in [0.25, 0.3) is 0 Å². The van der Waals surface area contributed by atoms with Crippen LogP contribution < -0.4 is 0 Å². The van der Waals surface area contributed by atoms with E-state index in [1.54, 1.807) is 30.5 Å². The Kier molecular flexibility index (Phi) is 4.13. The Morgan fingerprint density at radius 1 is 1.16 bits per heavy atom. The first kappa shape index (κ1) is 13.1. The summed E-state index contributed by atoms with van der Waals surface area (Å²) in [6.07, 6.45) is 2.29. The summed E-state index contributed by atoms with van der Waals surface area (Å²) in [7, 11) is 0. The molecule has 1 unspecified atom stereocenters. The lowest BCUT2D eigenvalue weighted by molar-refractivity contribution is -0.137. The van der Waals surface area contributed by atoms with Gasteiger partial charge in [0.05, 0.1) is 6.42 Å². The van der Waals surface area contributed by atoms with Gasteiger partial charge in [-0.05, 0) is 36.2 Å². The van der Waals surface area contributed by atoms with Gasteiger partial charge in [-0.2, -0.15) is 0 Å². The largest absolute Gasteiger partial charge is 0.508 e. The number of pyridine rings is 1. The zero-order valence-corrected chi connectivity index (χ0v) is 10.4. The molecule has 19 heavy (non-hydrogen) atoms. The van der Waals surface area contributed by atoms with Crippen LogP contribution in [0.5, 0.6) is 5.75 Å². The number of aliphatic carboxylic acids is 1. The van der Waals surface area contributed by atoms with Crippen molar-refractivity contribution >= 4 is 5.97 Å². The molecule has 0 bridgehead atoms. The van der Waals surface area contributed by atoms with Gasteiger partial charge in [-0.25, -0.2) is 0 Å². The standard InChI is InChI=1S/C15H15NO3/c17-13-6-4-11(5-7-13)9-12(10-15(18)19)14-3-1-2-8-16-14/h1-8,12,17H,9-10H2,(H,18,19). The van der Waals surface area contributed by atoms with Crippen molar-refractivity contribution in [2.45, 2.75) is 18.8 Å². The van der Waals surface area contributed by atoms with E-state index in [9.17, 15) is 9.90 Å². The fourth-order valence-corrected chi connectivity index (χ4v) is 2.03. The average molecular weight is 257 g/mol. The normalized spacial score (nSPS) is 12.0. The van der Waals surface area contributed by atoms with E-state index in [0.717, 1.165) is 11.3 Å². The number of phenolic OH excluding ortho intramolecular Hbond substituents is 1. The van der Waals surface area contributed by atoms with Crippen LogP contribution in [0, 0.1) is 0 Å². The minimum absolute atomic E-state index is 0.0396. The van der Waals surface area contributed by atoms with Crippen molar-refractivity contribution in [3.05, 3.63) is 59.9 Å². The molecule has 1 aromatic carbocycles. The number of benzene rings is 1. The molecule has 2 N–H and O–H groups in total. The second kappa shape index (κ2) is 6.00. The van der Waals surface area contributed by atoms with Crippen LogP contribution in [0.25, 0.3) is 0 Å². The number of nitrogens with zero attached hydrogens (tertiary/aromatic N) is 1. The fraction of sp³-hybridized carbons (Fsp3) is 0.200. The summed E-state index contributed by atoms with van der Waals surface area (Å²) in [5, 5.41) is 18.2. The maximum Gasteiger partial charge on any atom is 0.304 e. The van der Waals surface area contributed by atoms with Crippen LogP contribution in [0.3, 0.4) is 0 Å². The number of carboxylic acids is 1. The van der Waals surface area contributed by atoms with Gasteiger partial charge in [-0.15, -0.1) is 0 Å². The molecule has 1 atom stereocenters. The number of aromatic hydroxyl groups is 1. The predicted molar refractivity (Wildman–Crippen MR) is 71.0 cm³/mol. The van der Waals surface area contributed by atoms with E-state index in [-0.39, 0.29) is 18.1 Å². The van der Waals surface area contributed by atoms with Crippen LogP contribution in [-0.2, 0) is 11.2 Å².